The van der Waals surface area contributed by atoms with Crippen LogP contribution < -0.4 is 0 Å². The van der Waals surface area contributed by atoms with Gasteiger partial charge in [0.15, 0.2) is 0 Å². The van der Waals surface area contributed by atoms with Crippen molar-refractivity contribution in [2.45, 2.75) is 26.4 Å². The second-order valence-corrected chi connectivity index (χ2v) is 4.01. The number of aliphatic hydroxyl groups is 1. The van der Waals surface area contributed by atoms with Crippen LogP contribution in [0.25, 0.3) is 0 Å². The Hall–Kier alpha value is -0.320. The molecule has 0 aromatic rings. The number of ether oxygens (including phenoxy) is 1. The molecule has 0 aliphatic rings. The van der Waals surface area contributed by atoms with Gasteiger partial charge in [0.05, 0.1) is 13.2 Å². The molecule has 5 heteroatoms. The zero-order valence-corrected chi connectivity index (χ0v) is 10.1. The third-order valence-corrected chi connectivity index (χ3v) is 1.68. The maximum absolute atomic E-state index is 9.32. The fourth-order valence-electron chi connectivity index (χ4n) is 0.758. The number of aliphatic hydroxyl groups excluding tert-OH is 1. The minimum absolute atomic E-state index is 0.150. The Morgan fingerprint density at radius 2 is 2.13 bits per heavy atom. The SMILES string of the molecule is CC(C)C/C=N/OCC(O)COCCCl. The summed E-state index contributed by atoms with van der Waals surface area (Å²) in [6, 6.07) is 0. The summed E-state index contributed by atoms with van der Waals surface area (Å²) in [5, 5.41) is 13.0. The van der Waals surface area contributed by atoms with E-state index in [1.165, 1.54) is 0 Å². The molecule has 0 radical (unpaired) electrons. The second-order valence-electron chi connectivity index (χ2n) is 3.63. The summed E-state index contributed by atoms with van der Waals surface area (Å²) in [5.74, 6) is 0.995. The van der Waals surface area contributed by atoms with Crippen LogP contribution in [0.2, 0.25) is 0 Å². The van der Waals surface area contributed by atoms with Crippen LogP contribution in [-0.2, 0) is 9.57 Å². The molecule has 1 atom stereocenters. The van der Waals surface area contributed by atoms with E-state index in [-0.39, 0.29) is 13.2 Å². The summed E-state index contributed by atoms with van der Waals surface area (Å²) in [7, 11) is 0. The smallest absolute Gasteiger partial charge is 0.145 e. The molecule has 0 heterocycles. The Morgan fingerprint density at radius 1 is 1.40 bits per heavy atom. The standard InChI is InChI=1S/C10H20ClNO3/c1-9(2)3-5-12-15-8-10(13)7-14-6-4-11/h5,9-10,13H,3-4,6-8H2,1-2H3/b12-5+. The first kappa shape index (κ1) is 14.7. The van der Waals surface area contributed by atoms with Crippen LogP contribution in [0, 0.1) is 5.92 Å². The maximum atomic E-state index is 9.32. The van der Waals surface area contributed by atoms with Crippen LogP contribution in [0.1, 0.15) is 20.3 Å². The highest BCUT2D eigenvalue weighted by molar-refractivity contribution is 6.17. The molecule has 0 aromatic carbocycles. The molecule has 15 heavy (non-hydrogen) atoms. The number of nitrogens with zero attached hydrogens (tertiary/aromatic N) is 1. The summed E-state index contributed by atoms with van der Waals surface area (Å²) < 4.78 is 5.03. The lowest BCUT2D eigenvalue weighted by Crippen LogP contribution is -2.21. The van der Waals surface area contributed by atoms with Gasteiger partial charge in [-0.25, -0.2) is 0 Å². The fourth-order valence-corrected chi connectivity index (χ4v) is 0.867. The van der Waals surface area contributed by atoms with Crippen molar-refractivity contribution in [2.24, 2.45) is 11.1 Å². The van der Waals surface area contributed by atoms with Crippen molar-refractivity contribution in [3.63, 3.8) is 0 Å². The molecule has 0 bridgehead atoms. The van der Waals surface area contributed by atoms with Gasteiger partial charge >= 0.3 is 0 Å². The quantitative estimate of drug-likeness (QED) is 0.287. The monoisotopic (exact) mass is 237 g/mol. The van der Waals surface area contributed by atoms with Crippen LogP contribution in [0.5, 0.6) is 0 Å². The maximum Gasteiger partial charge on any atom is 0.145 e. The molecular formula is C10H20ClNO3. The average molecular weight is 238 g/mol. The Kier molecular flexibility index (Phi) is 9.99. The van der Waals surface area contributed by atoms with Crippen molar-refractivity contribution < 1.29 is 14.7 Å². The minimum atomic E-state index is -0.649. The summed E-state index contributed by atoms with van der Waals surface area (Å²) in [6.07, 6.45) is 1.93. The lowest BCUT2D eigenvalue weighted by Gasteiger charge is -2.08. The van der Waals surface area contributed by atoms with Gasteiger partial charge in [-0.05, 0) is 12.3 Å². The number of halogens is 1. The Bertz CT molecular complexity index is 165. The molecule has 0 saturated heterocycles. The number of rotatable bonds is 9. The molecule has 1 unspecified atom stereocenters. The first-order valence-corrected chi connectivity index (χ1v) is 5.65. The van der Waals surface area contributed by atoms with Crippen molar-refractivity contribution in [1.29, 1.82) is 0 Å². The molecule has 1 N–H and O–H groups in total. The third kappa shape index (κ3) is 11.6. The zero-order chi connectivity index (χ0) is 11.5. The highest BCUT2D eigenvalue weighted by atomic mass is 35.5. The van der Waals surface area contributed by atoms with E-state index in [1.807, 2.05) is 0 Å². The zero-order valence-electron chi connectivity index (χ0n) is 9.36. The summed E-state index contributed by atoms with van der Waals surface area (Å²) in [4.78, 5) is 4.88. The molecule has 4 nitrogen and oxygen atoms in total. The van der Waals surface area contributed by atoms with Gasteiger partial charge < -0.3 is 14.7 Å². The molecule has 0 spiro atoms. The first-order chi connectivity index (χ1) is 7.16. The van der Waals surface area contributed by atoms with Gasteiger partial charge in [-0.1, -0.05) is 19.0 Å². The van der Waals surface area contributed by atoms with Crippen molar-refractivity contribution in [3.8, 4) is 0 Å². The summed E-state index contributed by atoms with van der Waals surface area (Å²) in [5.41, 5.74) is 0. The van der Waals surface area contributed by atoms with Gasteiger partial charge in [0.1, 0.15) is 12.7 Å². The van der Waals surface area contributed by atoms with Crippen LogP contribution in [0.4, 0.5) is 0 Å². The van der Waals surface area contributed by atoms with Gasteiger partial charge in [-0.15, -0.1) is 11.6 Å². The lowest BCUT2D eigenvalue weighted by atomic mass is 10.2. The van der Waals surface area contributed by atoms with Crippen LogP contribution in [0.3, 0.4) is 0 Å². The normalized spacial score (nSPS) is 13.7. The summed E-state index contributed by atoms with van der Waals surface area (Å²) >= 11 is 5.40. The van der Waals surface area contributed by atoms with E-state index in [4.69, 9.17) is 21.2 Å². The molecule has 0 aliphatic heterocycles. The van der Waals surface area contributed by atoms with Crippen molar-refractivity contribution in [3.05, 3.63) is 0 Å². The van der Waals surface area contributed by atoms with Gasteiger partial charge in [-0.3, -0.25) is 0 Å². The second kappa shape index (κ2) is 10.2. The van der Waals surface area contributed by atoms with Gasteiger partial charge in [0.2, 0.25) is 0 Å². The number of hydrogen-bond donors (Lipinski definition) is 1. The molecule has 0 fully saturated rings. The van der Waals surface area contributed by atoms with Gasteiger partial charge in [0, 0.05) is 12.1 Å². The van der Waals surface area contributed by atoms with Crippen LogP contribution >= 0.6 is 11.6 Å². The average Bonchev–Trinajstić information content (AvgIpc) is 2.17. The number of oxime groups is 1. The minimum Gasteiger partial charge on any atom is -0.393 e. The Morgan fingerprint density at radius 3 is 2.73 bits per heavy atom. The Labute approximate surface area is 96.2 Å². The molecule has 0 amide bonds. The lowest BCUT2D eigenvalue weighted by molar-refractivity contribution is -0.0141. The predicted molar refractivity (Wildman–Crippen MR) is 61.4 cm³/mol. The van der Waals surface area contributed by atoms with E-state index in [9.17, 15) is 5.11 Å². The van der Waals surface area contributed by atoms with E-state index < -0.39 is 6.10 Å². The molecule has 0 rings (SSSR count). The van der Waals surface area contributed by atoms with E-state index in [0.717, 1.165) is 6.42 Å². The molecular weight excluding hydrogens is 218 g/mol. The highest BCUT2D eigenvalue weighted by Crippen LogP contribution is 1.95. The topological polar surface area (TPSA) is 51.0 Å². The van der Waals surface area contributed by atoms with Crippen LogP contribution in [0.15, 0.2) is 5.16 Å². The van der Waals surface area contributed by atoms with Gasteiger partial charge in [0.25, 0.3) is 0 Å². The Balaban J connectivity index is 3.30. The van der Waals surface area contributed by atoms with E-state index >= 15 is 0 Å². The summed E-state index contributed by atoms with van der Waals surface area (Å²) in [6.45, 7) is 5.01. The number of hydrogen-bond acceptors (Lipinski definition) is 4. The van der Waals surface area contributed by atoms with Crippen molar-refractivity contribution in [1.82, 2.24) is 0 Å². The van der Waals surface area contributed by atoms with Crippen molar-refractivity contribution >= 4 is 17.8 Å². The largest absolute Gasteiger partial charge is 0.393 e. The first-order valence-electron chi connectivity index (χ1n) is 5.12. The molecule has 0 saturated carbocycles. The van der Waals surface area contributed by atoms with E-state index in [1.54, 1.807) is 6.21 Å². The van der Waals surface area contributed by atoms with Crippen LogP contribution in [-0.4, -0.2) is 43.1 Å². The molecule has 0 aromatic heterocycles. The molecule has 90 valence electrons. The number of alkyl halides is 1. The van der Waals surface area contributed by atoms with Gasteiger partial charge in [-0.2, -0.15) is 0 Å². The predicted octanol–water partition coefficient (Wildman–Crippen LogP) is 1.65. The van der Waals surface area contributed by atoms with E-state index in [2.05, 4.69) is 19.0 Å². The molecule has 0 aliphatic carbocycles. The van der Waals surface area contributed by atoms with E-state index in [0.29, 0.717) is 18.4 Å². The highest BCUT2D eigenvalue weighted by Gasteiger charge is 2.03. The third-order valence-electron chi connectivity index (χ3n) is 1.52. The van der Waals surface area contributed by atoms with Crippen molar-refractivity contribution in [2.75, 3.05) is 25.7 Å². The fraction of sp³-hybridized carbons (Fsp3) is 0.900.